The normalized spacial score (nSPS) is 28.2. The third-order valence-electron chi connectivity index (χ3n) is 3.15. The molecule has 0 amide bonds. The van der Waals surface area contributed by atoms with E-state index in [9.17, 15) is 8.42 Å². The molecule has 1 aliphatic rings. The molecule has 0 radical (unpaired) electrons. The lowest BCUT2D eigenvalue weighted by Gasteiger charge is -2.37. The Kier molecular flexibility index (Phi) is 5.17. The average Bonchev–Trinajstić information content (AvgIpc) is 2.18. The van der Waals surface area contributed by atoms with Crippen LogP contribution in [0.3, 0.4) is 0 Å². The number of rotatable bonds is 5. The van der Waals surface area contributed by atoms with Crippen LogP contribution in [0.1, 0.15) is 20.3 Å². The van der Waals surface area contributed by atoms with Crippen molar-refractivity contribution in [3.05, 3.63) is 0 Å². The Labute approximate surface area is 98.4 Å². The second-order valence-corrected chi connectivity index (χ2v) is 6.33. The molecule has 1 fully saturated rings. The maximum Gasteiger partial charge on any atom is 0.210 e. The summed E-state index contributed by atoms with van der Waals surface area (Å²) in [7, 11) is -3.32. The van der Waals surface area contributed by atoms with Crippen molar-refractivity contribution in [3.8, 4) is 0 Å². The van der Waals surface area contributed by atoms with Crippen LogP contribution in [-0.2, 0) is 10.0 Å². The van der Waals surface area contributed by atoms with Gasteiger partial charge in [-0.3, -0.25) is 0 Å². The first kappa shape index (κ1) is 13.9. The van der Waals surface area contributed by atoms with Gasteiger partial charge >= 0.3 is 0 Å². The Morgan fingerprint density at radius 1 is 1.50 bits per heavy atom. The first-order valence-corrected chi connectivity index (χ1v) is 7.60. The fraction of sp³-hybridized carbons (Fsp3) is 1.00. The van der Waals surface area contributed by atoms with Gasteiger partial charge in [-0.25, -0.2) is 13.6 Å². The van der Waals surface area contributed by atoms with Gasteiger partial charge in [-0.05, 0) is 25.4 Å². The molecule has 0 aromatic rings. The zero-order valence-corrected chi connectivity index (χ0v) is 11.0. The molecule has 0 aliphatic carbocycles. The second kappa shape index (κ2) is 5.95. The monoisotopic (exact) mass is 249 g/mol. The Morgan fingerprint density at radius 2 is 2.19 bits per heavy atom. The average molecular weight is 249 g/mol. The first-order valence-electron chi connectivity index (χ1n) is 5.88. The fourth-order valence-corrected chi connectivity index (χ4v) is 2.77. The lowest BCUT2D eigenvalue weighted by atomic mass is 9.94. The van der Waals surface area contributed by atoms with E-state index in [2.05, 4.69) is 24.1 Å². The minimum Gasteiger partial charge on any atom is -0.314 e. The molecule has 1 heterocycles. The molecule has 16 heavy (non-hydrogen) atoms. The molecule has 3 N–H and O–H groups in total. The maximum absolute atomic E-state index is 10.9. The predicted molar refractivity (Wildman–Crippen MR) is 65.7 cm³/mol. The summed E-state index contributed by atoms with van der Waals surface area (Å²) in [4.78, 5) is 2.18. The number of hydrogen-bond acceptors (Lipinski definition) is 4. The molecule has 0 bridgehead atoms. The minimum atomic E-state index is -3.32. The zero-order chi connectivity index (χ0) is 12.2. The van der Waals surface area contributed by atoms with E-state index >= 15 is 0 Å². The van der Waals surface area contributed by atoms with Crippen LogP contribution in [0.5, 0.6) is 0 Å². The van der Waals surface area contributed by atoms with Crippen molar-refractivity contribution in [3.63, 3.8) is 0 Å². The lowest BCUT2D eigenvalue weighted by Crippen LogP contribution is -2.49. The van der Waals surface area contributed by atoms with Gasteiger partial charge in [0, 0.05) is 19.1 Å². The van der Waals surface area contributed by atoms with E-state index in [1.54, 1.807) is 0 Å². The van der Waals surface area contributed by atoms with Crippen molar-refractivity contribution in [1.29, 1.82) is 0 Å². The number of hydrogen-bond donors (Lipinski definition) is 2. The molecule has 1 saturated heterocycles. The Morgan fingerprint density at radius 3 is 2.69 bits per heavy atom. The minimum absolute atomic E-state index is 0.0611. The molecular formula is C10H23N3O2S. The van der Waals surface area contributed by atoms with Gasteiger partial charge in [0.1, 0.15) is 0 Å². The van der Waals surface area contributed by atoms with Gasteiger partial charge in [-0.15, -0.1) is 0 Å². The van der Waals surface area contributed by atoms with Crippen LogP contribution < -0.4 is 10.5 Å². The Balaban J connectivity index is 2.34. The van der Waals surface area contributed by atoms with Gasteiger partial charge in [-0.1, -0.05) is 13.8 Å². The van der Waals surface area contributed by atoms with Crippen LogP contribution in [0.4, 0.5) is 0 Å². The third-order valence-corrected chi connectivity index (χ3v) is 3.90. The van der Waals surface area contributed by atoms with E-state index < -0.39 is 10.0 Å². The summed E-state index contributed by atoms with van der Waals surface area (Å²) in [5.41, 5.74) is 0. The van der Waals surface area contributed by atoms with Crippen LogP contribution in [0.25, 0.3) is 0 Å². The van der Waals surface area contributed by atoms with Gasteiger partial charge < -0.3 is 10.2 Å². The highest BCUT2D eigenvalue weighted by Gasteiger charge is 2.25. The van der Waals surface area contributed by atoms with E-state index in [-0.39, 0.29) is 5.75 Å². The first-order chi connectivity index (χ1) is 7.42. The number of nitrogens with zero attached hydrogens (tertiary/aromatic N) is 1. The van der Waals surface area contributed by atoms with E-state index in [0.717, 1.165) is 26.1 Å². The summed E-state index contributed by atoms with van der Waals surface area (Å²) < 4.78 is 21.7. The van der Waals surface area contributed by atoms with E-state index in [1.807, 2.05) is 0 Å². The number of piperidine rings is 1. The number of nitrogens with two attached hydrogens (primary N) is 1. The van der Waals surface area contributed by atoms with E-state index in [4.69, 9.17) is 5.14 Å². The molecule has 2 atom stereocenters. The molecule has 6 heteroatoms. The van der Waals surface area contributed by atoms with Crippen molar-refractivity contribution in [2.75, 3.05) is 31.9 Å². The Bertz CT molecular complexity index is 305. The lowest BCUT2D eigenvalue weighted by molar-refractivity contribution is 0.155. The molecule has 0 saturated carbocycles. The molecule has 5 nitrogen and oxygen atoms in total. The quantitative estimate of drug-likeness (QED) is 0.695. The molecule has 1 rings (SSSR count). The number of sulfonamides is 1. The van der Waals surface area contributed by atoms with Gasteiger partial charge in [-0.2, -0.15) is 0 Å². The SMILES string of the molecule is CCNC1CCN(CCS(N)(=O)=O)CC1C. The third kappa shape index (κ3) is 4.78. The molecule has 96 valence electrons. The van der Waals surface area contributed by atoms with Crippen molar-refractivity contribution in [2.24, 2.45) is 11.1 Å². The molecular weight excluding hydrogens is 226 g/mol. The smallest absolute Gasteiger partial charge is 0.210 e. The van der Waals surface area contributed by atoms with Crippen molar-refractivity contribution < 1.29 is 8.42 Å². The van der Waals surface area contributed by atoms with Gasteiger partial charge in [0.2, 0.25) is 10.0 Å². The summed E-state index contributed by atoms with van der Waals surface area (Å²) in [6, 6.07) is 0.565. The molecule has 0 aromatic heterocycles. The van der Waals surface area contributed by atoms with Gasteiger partial charge in [0.15, 0.2) is 0 Å². The molecule has 0 aromatic carbocycles. The summed E-state index contributed by atoms with van der Waals surface area (Å²) in [5.74, 6) is 0.625. The van der Waals surface area contributed by atoms with E-state index in [1.165, 1.54) is 0 Å². The summed E-state index contributed by atoms with van der Waals surface area (Å²) in [5, 5.41) is 8.45. The van der Waals surface area contributed by atoms with Gasteiger partial charge in [0.05, 0.1) is 5.75 Å². The standard InChI is InChI=1S/C10H23N3O2S/c1-3-12-10-4-5-13(8-9(10)2)6-7-16(11,14)15/h9-10,12H,3-8H2,1-2H3,(H2,11,14,15). The number of likely N-dealkylation sites (tertiary alicyclic amines) is 1. The molecule has 1 aliphatic heterocycles. The zero-order valence-electron chi connectivity index (χ0n) is 10.1. The van der Waals surface area contributed by atoms with Crippen molar-refractivity contribution in [1.82, 2.24) is 10.2 Å². The number of primary sulfonamides is 1. The van der Waals surface area contributed by atoms with Crippen LogP contribution in [0.2, 0.25) is 0 Å². The van der Waals surface area contributed by atoms with Crippen molar-refractivity contribution in [2.45, 2.75) is 26.3 Å². The van der Waals surface area contributed by atoms with Crippen molar-refractivity contribution >= 4 is 10.0 Å². The second-order valence-electron chi connectivity index (χ2n) is 4.60. The maximum atomic E-state index is 10.9. The van der Waals surface area contributed by atoms with Crippen LogP contribution in [-0.4, -0.2) is 51.3 Å². The largest absolute Gasteiger partial charge is 0.314 e. The van der Waals surface area contributed by atoms with E-state index in [0.29, 0.717) is 18.5 Å². The fourth-order valence-electron chi connectivity index (χ4n) is 2.26. The topological polar surface area (TPSA) is 75.4 Å². The van der Waals surface area contributed by atoms with Crippen LogP contribution in [0.15, 0.2) is 0 Å². The highest BCUT2D eigenvalue weighted by Crippen LogP contribution is 2.16. The highest BCUT2D eigenvalue weighted by molar-refractivity contribution is 7.89. The summed E-state index contributed by atoms with van der Waals surface area (Å²) in [6.07, 6.45) is 1.08. The van der Waals surface area contributed by atoms with Gasteiger partial charge in [0.25, 0.3) is 0 Å². The summed E-state index contributed by atoms with van der Waals surface area (Å²) >= 11 is 0. The van der Waals surface area contributed by atoms with Crippen LogP contribution >= 0.6 is 0 Å². The Hall–Kier alpha value is -0.170. The summed E-state index contributed by atoms with van der Waals surface area (Å²) in [6.45, 7) is 7.77. The number of nitrogens with one attached hydrogen (secondary N) is 1. The predicted octanol–water partition coefficient (Wildman–Crippen LogP) is -0.405. The molecule has 2 unspecified atom stereocenters. The highest BCUT2D eigenvalue weighted by atomic mass is 32.2. The van der Waals surface area contributed by atoms with Crippen LogP contribution in [0, 0.1) is 5.92 Å². The molecule has 0 spiro atoms.